The van der Waals surface area contributed by atoms with Gasteiger partial charge in [0.25, 0.3) is 0 Å². The minimum absolute atomic E-state index is 0.424. The lowest BCUT2D eigenvalue weighted by molar-refractivity contribution is -0.231. The summed E-state index contributed by atoms with van der Waals surface area (Å²) in [5.41, 5.74) is 4.31. The van der Waals surface area contributed by atoms with Gasteiger partial charge in [0.15, 0.2) is 0 Å². The number of hydrogen-bond donors (Lipinski definition) is 4. The third-order valence-electron chi connectivity index (χ3n) is 5.76. The number of nitrogens with zero attached hydrogens (tertiary/aromatic N) is 1. The van der Waals surface area contributed by atoms with Gasteiger partial charge in [-0.1, -0.05) is 42.5 Å². The monoisotopic (exact) mass is 385 g/mol. The van der Waals surface area contributed by atoms with E-state index in [1.54, 1.807) is 0 Å². The lowest BCUT2D eigenvalue weighted by atomic mass is 9.89. The number of aliphatic hydroxyl groups is 4. The molecule has 4 rings (SSSR count). The predicted molar refractivity (Wildman–Crippen MR) is 105 cm³/mol. The fourth-order valence-electron chi connectivity index (χ4n) is 4.19. The Kier molecular flexibility index (Phi) is 5.66. The Bertz CT molecular complexity index is 797. The molecule has 6 heteroatoms. The number of rotatable bonds is 4. The smallest absolute Gasteiger partial charge is 0.113 e. The number of hydrogen-bond acceptors (Lipinski definition) is 6. The molecule has 2 aromatic rings. The van der Waals surface area contributed by atoms with E-state index < -0.39 is 37.1 Å². The van der Waals surface area contributed by atoms with E-state index in [2.05, 4.69) is 17.0 Å². The Balaban J connectivity index is 1.62. The second kappa shape index (κ2) is 8.19. The van der Waals surface area contributed by atoms with Gasteiger partial charge >= 0.3 is 0 Å². The van der Waals surface area contributed by atoms with Crippen molar-refractivity contribution in [2.75, 3.05) is 18.1 Å². The molecule has 0 aliphatic carbocycles. The van der Waals surface area contributed by atoms with Crippen molar-refractivity contribution in [1.82, 2.24) is 0 Å². The summed E-state index contributed by atoms with van der Waals surface area (Å²) in [5, 5.41) is 40.0. The van der Waals surface area contributed by atoms with E-state index in [1.807, 2.05) is 36.4 Å². The zero-order valence-corrected chi connectivity index (χ0v) is 15.7. The summed E-state index contributed by atoms with van der Waals surface area (Å²) >= 11 is 0. The molecule has 2 aliphatic heterocycles. The minimum atomic E-state index is -1.37. The molecule has 5 atom stereocenters. The SMILES string of the molecule is OC[C@H]1O[C@@H](c2ccc3c(c2)N(Cc2ccccc2)CCC3)[C@H](O)[C@@H](O)[C@@H]1O. The summed E-state index contributed by atoms with van der Waals surface area (Å²) in [6.45, 7) is 1.32. The van der Waals surface area contributed by atoms with Crippen LogP contribution >= 0.6 is 0 Å². The van der Waals surface area contributed by atoms with Crippen LogP contribution in [0.2, 0.25) is 0 Å². The van der Waals surface area contributed by atoms with Crippen molar-refractivity contribution in [3.63, 3.8) is 0 Å². The van der Waals surface area contributed by atoms with Gasteiger partial charge in [0.1, 0.15) is 30.5 Å². The molecule has 2 heterocycles. The van der Waals surface area contributed by atoms with Gasteiger partial charge in [-0.3, -0.25) is 0 Å². The van der Waals surface area contributed by atoms with Crippen LogP contribution in [0.3, 0.4) is 0 Å². The van der Waals surface area contributed by atoms with Crippen LogP contribution in [0.1, 0.15) is 29.2 Å². The standard InChI is InChI=1S/C22H27NO5/c24-13-18-19(25)20(26)21(27)22(28-18)16-9-8-15-7-4-10-23(17(15)11-16)12-14-5-2-1-3-6-14/h1-3,5-6,8-9,11,18-22,24-27H,4,7,10,12-13H2/t18-,19-,20+,21-,22+/m1/s1. The Labute approximate surface area is 164 Å². The van der Waals surface area contributed by atoms with Gasteiger partial charge in [-0.05, 0) is 35.6 Å². The molecule has 0 spiro atoms. The summed E-state index contributed by atoms with van der Waals surface area (Å²) in [7, 11) is 0. The molecule has 6 nitrogen and oxygen atoms in total. The van der Waals surface area contributed by atoms with Gasteiger partial charge < -0.3 is 30.1 Å². The lowest BCUT2D eigenvalue weighted by Crippen LogP contribution is -2.55. The zero-order chi connectivity index (χ0) is 19.7. The van der Waals surface area contributed by atoms with E-state index in [0.29, 0.717) is 0 Å². The normalized spacial score (nSPS) is 30.1. The summed E-state index contributed by atoms with van der Waals surface area (Å²) < 4.78 is 5.73. The number of anilines is 1. The maximum absolute atomic E-state index is 10.4. The van der Waals surface area contributed by atoms with Crippen molar-refractivity contribution in [2.45, 2.75) is 49.9 Å². The van der Waals surface area contributed by atoms with Gasteiger partial charge in [0.05, 0.1) is 6.61 Å². The van der Waals surface area contributed by atoms with Crippen LogP contribution in [0, 0.1) is 0 Å². The fraction of sp³-hybridized carbons (Fsp3) is 0.455. The van der Waals surface area contributed by atoms with E-state index >= 15 is 0 Å². The number of ether oxygens (including phenoxy) is 1. The maximum Gasteiger partial charge on any atom is 0.113 e. The third-order valence-corrected chi connectivity index (χ3v) is 5.76. The predicted octanol–water partition coefficient (Wildman–Crippen LogP) is 1.15. The molecular weight excluding hydrogens is 358 g/mol. The molecule has 1 saturated heterocycles. The van der Waals surface area contributed by atoms with Crippen LogP contribution < -0.4 is 4.90 Å². The Morgan fingerprint density at radius 2 is 1.75 bits per heavy atom. The van der Waals surface area contributed by atoms with Crippen LogP contribution in [0.4, 0.5) is 5.69 Å². The first-order valence-corrected chi connectivity index (χ1v) is 9.80. The van der Waals surface area contributed by atoms with Crippen LogP contribution in [0.15, 0.2) is 48.5 Å². The van der Waals surface area contributed by atoms with Crippen LogP contribution in [-0.4, -0.2) is 58.0 Å². The van der Waals surface area contributed by atoms with Crippen molar-refractivity contribution in [3.05, 3.63) is 65.2 Å². The van der Waals surface area contributed by atoms with Crippen molar-refractivity contribution in [1.29, 1.82) is 0 Å². The lowest BCUT2D eigenvalue weighted by Gasteiger charge is -2.41. The topological polar surface area (TPSA) is 93.4 Å². The Morgan fingerprint density at radius 1 is 0.964 bits per heavy atom. The van der Waals surface area contributed by atoms with E-state index in [-0.39, 0.29) is 0 Å². The molecule has 0 radical (unpaired) electrons. The van der Waals surface area contributed by atoms with Gasteiger partial charge in [-0.2, -0.15) is 0 Å². The quantitative estimate of drug-likeness (QED) is 0.631. The van der Waals surface area contributed by atoms with E-state index in [4.69, 9.17) is 4.74 Å². The zero-order valence-electron chi connectivity index (χ0n) is 15.7. The van der Waals surface area contributed by atoms with E-state index in [1.165, 1.54) is 11.1 Å². The van der Waals surface area contributed by atoms with Gasteiger partial charge in [0, 0.05) is 18.8 Å². The average molecular weight is 385 g/mol. The molecule has 2 aliphatic rings. The average Bonchev–Trinajstić information content (AvgIpc) is 2.73. The van der Waals surface area contributed by atoms with Crippen molar-refractivity contribution in [3.8, 4) is 0 Å². The molecule has 0 aromatic heterocycles. The molecule has 1 fully saturated rings. The molecule has 0 unspecified atom stereocenters. The summed E-state index contributed by atoms with van der Waals surface area (Å²) in [6, 6.07) is 16.2. The Morgan fingerprint density at radius 3 is 2.50 bits per heavy atom. The number of benzene rings is 2. The highest BCUT2D eigenvalue weighted by Crippen LogP contribution is 2.37. The van der Waals surface area contributed by atoms with Crippen LogP contribution in [0.5, 0.6) is 0 Å². The van der Waals surface area contributed by atoms with E-state index in [9.17, 15) is 20.4 Å². The summed E-state index contributed by atoms with van der Waals surface area (Å²) in [5.74, 6) is 0. The minimum Gasteiger partial charge on any atom is -0.394 e. The number of aryl methyl sites for hydroxylation is 1. The first-order valence-electron chi connectivity index (χ1n) is 9.80. The molecule has 0 bridgehead atoms. The summed E-state index contributed by atoms with van der Waals surface area (Å²) in [4.78, 5) is 2.32. The van der Waals surface area contributed by atoms with Gasteiger partial charge in [-0.15, -0.1) is 0 Å². The fourth-order valence-corrected chi connectivity index (χ4v) is 4.19. The highest BCUT2D eigenvalue weighted by Gasteiger charge is 2.44. The first-order chi connectivity index (χ1) is 13.6. The van der Waals surface area contributed by atoms with Gasteiger partial charge in [0.2, 0.25) is 0 Å². The molecule has 0 amide bonds. The van der Waals surface area contributed by atoms with Crippen LogP contribution in [0.25, 0.3) is 0 Å². The second-order valence-corrected chi connectivity index (χ2v) is 7.65. The first kappa shape index (κ1) is 19.4. The molecular formula is C22H27NO5. The number of aliphatic hydroxyl groups excluding tert-OH is 4. The maximum atomic E-state index is 10.4. The van der Waals surface area contributed by atoms with E-state index in [0.717, 1.165) is 37.2 Å². The molecule has 2 aromatic carbocycles. The van der Waals surface area contributed by atoms with Crippen LogP contribution in [-0.2, 0) is 17.7 Å². The van der Waals surface area contributed by atoms with Gasteiger partial charge in [-0.25, -0.2) is 0 Å². The second-order valence-electron chi connectivity index (χ2n) is 7.65. The molecule has 0 saturated carbocycles. The molecule has 28 heavy (non-hydrogen) atoms. The largest absolute Gasteiger partial charge is 0.394 e. The van der Waals surface area contributed by atoms with Crippen molar-refractivity contribution >= 4 is 5.69 Å². The Hall–Kier alpha value is -1.96. The van der Waals surface area contributed by atoms with Crippen molar-refractivity contribution in [2.24, 2.45) is 0 Å². The highest BCUT2D eigenvalue weighted by atomic mass is 16.5. The van der Waals surface area contributed by atoms with Crippen molar-refractivity contribution < 1.29 is 25.2 Å². The molecule has 150 valence electrons. The highest BCUT2D eigenvalue weighted by molar-refractivity contribution is 5.58. The molecule has 4 N–H and O–H groups in total. The number of fused-ring (bicyclic) bond motifs is 1. The summed E-state index contributed by atoms with van der Waals surface area (Å²) in [6.07, 6.45) is -3.60. The third kappa shape index (κ3) is 3.66.